The quantitative estimate of drug-likeness (QED) is 0.796. The van der Waals surface area contributed by atoms with Crippen molar-refractivity contribution in [3.8, 4) is 5.75 Å². The van der Waals surface area contributed by atoms with E-state index in [2.05, 4.69) is 23.2 Å². The first kappa shape index (κ1) is 13.6. The Hall–Kier alpha value is -2.39. The molecule has 1 aromatic heterocycles. The fraction of sp³-hybridized carbons (Fsp3) is 0.167. The number of methoxy groups -OCH3 is 1. The summed E-state index contributed by atoms with van der Waals surface area (Å²) in [4.78, 5) is 4.22. The zero-order valence-electron chi connectivity index (χ0n) is 12.2. The second kappa shape index (κ2) is 5.54. The number of rotatable bonds is 3. The van der Waals surface area contributed by atoms with E-state index >= 15 is 0 Å². The summed E-state index contributed by atoms with van der Waals surface area (Å²) in [6, 6.07) is 14.1. The molecule has 1 heterocycles. The molecule has 0 amide bonds. The number of nitrogens with two attached hydrogens (primary N) is 1. The van der Waals surface area contributed by atoms with Gasteiger partial charge in [-0.15, -0.1) is 0 Å². The van der Waals surface area contributed by atoms with E-state index in [0.717, 1.165) is 33.2 Å². The predicted molar refractivity (Wildman–Crippen MR) is 85.5 cm³/mol. The Kier molecular flexibility index (Phi) is 3.59. The summed E-state index contributed by atoms with van der Waals surface area (Å²) in [6.07, 6.45) is 3.67. The molecule has 106 valence electrons. The number of benzene rings is 2. The molecule has 0 radical (unpaired) electrons. The molecule has 0 saturated heterocycles. The number of fused-ring (bicyclic) bond motifs is 1. The van der Waals surface area contributed by atoms with Crippen LogP contribution in [0.1, 0.15) is 22.7 Å². The molecule has 1 unspecified atom stereocenters. The van der Waals surface area contributed by atoms with Crippen molar-refractivity contribution in [2.24, 2.45) is 5.73 Å². The zero-order chi connectivity index (χ0) is 14.8. The lowest BCUT2D eigenvalue weighted by atomic mass is 9.94. The van der Waals surface area contributed by atoms with Crippen molar-refractivity contribution in [2.45, 2.75) is 13.0 Å². The number of nitrogens with zero attached hydrogens (tertiary/aromatic N) is 1. The number of ether oxygens (including phenoxy) is 1. The summed E-state index contributed by atoms with van der Waals surface area (Å²) in [5, 5.41) is 2.24. The van der Waals surface area contributed by atoms with Gasteiger partial charge in [0.25, 0.3) is 0 Å². The third kappa shape index (κ3) is 2.48. The number of pyridine rings is 1. The van der Waals surface area contributed by atoms with Crippen LogP contribution in [0.3, 0.4) is 0 Å². The largest absolute Gasteiger partial charge is 0.496 e. The van der Waals surface area contributed by atoms with Gasteiger partial charge in [-0.05, 0) is 41.1 Å². The first-order valence-corrected chi connectivity index (χ1v) is 6.93. The van der Waals surface area contributed by atoms with Gasteiger partial charge < -0.3 is 10.5 Å². The van der Waals surface area contributed by atoms with Gasteiger partial charge in [0.15, 0.2) is 0 Å². The molecule has 0 aliphatic carbocycles. The van der Waals surface area contributed by atoms with Crippen molar-refractivity contribution < 1.29 is 4.74 Å². The number of aromatic nitrogens is 1. The molecule has 3 nitrogen and oxygen atoms in total. The first-order chi connectivity index (χ1) is 10.2. The topological polar surface area (TPSA) is 48.1 Å². The van der Waals surface area contributed by atoms with Crippen molar-refractivity contribution >= 4 is 10.8 Å². The second-order valence-electron chi connectivity index (χ2n) is 5.15. The maximum Gasteiger partial charge on any atom is 0.122 e. The molecule has 0 fully saturated rings. The smallest absolute Gasteiger partial charge is 0.122 e. The lowest BCUT2D eigenvalue weighted by Crippen LogP contribution is -2.12. The number of aryl methyl sites for hydroxylation is 1. The minimum atomic E-state index is -0.201. The Morgan fingerprint density at radius 1 is 1.14 bits per heavy atom. The Labute approximate surface area is 124 Å². The SMILES string of the molecule is COc1cc(C(N)c2cccc3ccncc23)ccc1C. The van der Waals surface area contributed by atoms with Gasteiger partial charge in [0, 0.05) is 17.8 Å². The average Bonchev–Trinajstić information content (AvgIpc) is 2.54. The molecule has 1 atom stereocenters. The van der Waals surface area contributed by atoms with E-state index < -0.39 is 0 Å². The maximum atomic E-state index is 6.47. The lowest BCUT2D eigenvalue weighted by Gasteiger charge is -2.16. The van der Waals surface area contributed by atoms with Crippen molar-refractivity contribution in [1.29, 1.82) is 0 Å². The fourth-order valence-electron chi connectivity index (χ4n) is 2.62. The van der Waals surface area contributed by atoms with Gasteiger partial charge in [0.1, 0.15) is 5.75 Å². The normalized spacial score (nSPS) is 12.3. The van der Waals surface area contributed by atoms with Gasteiger partial charge in [0.2, 0.25) is 0 Å². The summed E-state index contributed by atoms with van der Waals surface area (Å²) >= 11 is 0. The third-order valence-electron chi connectivity index (χ3n) is 3.84. The van der Waals surface area contributed by atoms with Crippen LogP contribution >= 0.6 is 0 Å². The van der Waals surface area contributed by atoms with Gasteiger partial charge in [-0.3, -0.25) is 4.98 Å². The second-order valence-corrected chi connectivity index (χ2v) is 5.15. The highest BCUT2D eigenvalue weighted by Crippen LogP contribution is 2.29. The molecule has 2 aromatic carbocycles. The van der Waals surface area contributed by atoms with E-state index in [1.165, 1.54) is 0 Å². The predicted octanol–water partition coefficient (Wildman–Crippen LogP) is 3.60. The highest BCUT2D eigenvalue weighted by atomic mass is 16.5. The third-order valence-corrected chi connectivity index (χ3v) is 3.84. The highest BCUT2D eigenvalue weighted by molar-refractivity contribution is 5.85. The average molecular weight is 278 g/mol. The Bertz CT molecular complexity index is 778. The van der Waals surface area contributed by atoms with E-state index in [4.69, 9.17) is 10.5 Å². The van der Waals surface area contributed by atoms with Crippen LogP contribution < -0.4 is 10.5 Å². The summed E-state index contributed by atoms with van der Waals surface area (Å²) in [5.74, 6) is 0.862. The minimum absolute atomic E-state index is 0.201. The van der Waals surface area contributed by atoms with Gasteiger partial charge in [-0.25, -0.2) is 0 Å². The molecular weight excluding hydrogens is 260 g/mol. The van der Waals surface area contributed by atoms with Gasteiger partial charge in [0.05, 0.1) is 13.2 Å². The Morgan fingerprint density at radius 2 is 2.00 bits per heavy atom. The molecular formula is C18H18N2O. The molecule has 0 spiro atoms. The van der Waals surface area contributed by atoms with Gasteiger partial charge in [-0.1, -0.05) is 30.3 Å². The minimum Gasteiger partial charge on any atom is -0.496 e. The van der Waals surface area contributed by atoms with Gasteiger partial charge >= 0.3 is 0 Å². The molecule has 3 heteroatoms. The molecule has 21 heavy (non-hydrogen) atoms. The van der Waals surface area contributed by atoms with E-state index in [1.54, 1.807) is 13.3 Å². The molecule has 0 aliphatic heterocycles. The van der Waals surface area contributed by atoms with Crippen LogP contribution in [0.4, 0.5) is 0 Å². The first-order valence-electron chi connectivity index (χ1n) is 6.93. The van der Waals surface area contributed by atoms with Crippen molar-refractivity contribution in [3.63, 3.8) is 0 Å². The summed E-state index contributed by atoms with van der Waals surface area (Å²) in [7, 11) is 1.68. The van der Waals surface area contributed by atoms with Crippen LogP contribution in [0.25, 0.3) is 10.8 Å². The van der Waals surface area contributed by atoms with Crippen LogP contribution in [-0.4, -0.2) is 12.1 Å². The lowest BCUT2D eigenvalue weighted by molar-refractivity contribution is 0.411. The van der Waals surface area contributed by atoms with Crippen LogP contribution in [-0.2, 0) is 0 Å². The van der Waals surface area contributed by atoms with Crippen molar-refractivity contribution in [3.05, 3.63) is 71.5 Å². The Morgan fingerprint density at radius 3 is 2.81 bits per heavy atom. The van der Waals surface area contributed by atoms with Crippen LogP contribution in [0, 0.1) is 6.92 Å². The highest BCUT2D eigenvalue weighted by Gasteiger charge is 2.13. The summed E-state index contributed by atoms with van der Waals surface area (Å²) in [6.45, 7) is 2.02. The fourth-order valence-corrected chi connectivity index (χ4v) is 2.62. The van der Waals surface area contributed by atoms with Crippen LogP contribution in [0.15, 0.2) is 54.9 Å². The van der Waals surface area contributed by atoms with Crippen molar-refractivity contribution in [2.75, 3.05) is 7.11 Å². The van der Waals surface area contributed by atoms with Crippen LogP contribution in [0.5, 0.6) is 5.75 Å². The van der Waals surface area contributed by atoms with Crippen molar-refractivity contribution in [1.82, 2.24) is 4.98 Å². The number of hydrogen-bond acceptors (Lipinski definition) is 3. The molecule has 0 bridgehead atoms. The summed E-state index contributed by atoms with van der Waals surface area (Å²) < 4.78 is 5.39. The maximum absolute atomic E-state index is 6.47. The standard InChI is InChI=1S/C18H18N2O/c1-12-6-7-14(10-17(12)21-2)18(19)15-5-3-4-13-8-9-20-11-16(13)15/h3-11,18H,19H2,1-2H3. The Balaban J connectivity index is 2.10. The van der Waals surface area contributed by atoms with Crippen LogP contribution in [0.2, 0.25) is 0 Å². The monoisotopic (exact) mass is 278 g/mol. The summed E-state index contributed by atoms with van der Waals surface area (Å²) in [5.41, 5.74) is 9.69. The molecule has 0 aliphatic rings. The zero-order valence-corrected chi connectivity index (χ0v) is 12.2. The van der Waals surface area contributed by atoms with E-state index in [9.17, 15) is 0 Å². The molecule has 3 aromatic rings. The van der Waals surface area contributed by atoms with E-state index in [0.29, 0.717) is 0 Å². The molecule has 2 N–H and O–H groups in total. The molecule has 0 saturated carbocycles. The van der Waals surface area contributed by atoms with E-state index in [-0.39, 0.29) is 6.04 Å². The van der Waals surface area contributed by atoms with E-state index in [1.807, 2.05) is 37.4 Å². The molecule has 3 rings (SSSR count). The number of hydrogen-bond donors (Lipinski definition) is 1. The van der Waals surface area contributed by atoms with Gasteiger partial charge in [-0.2, -0.15) is 0 Å².